The molecule has 1 aliphatic rings. The Morgan fingerprint density at radius 2 is 1.71 bits per heavy atom. The standard InChI is InChI=1S/C19H19NO4/c1-23-15-11-9-14(10-12-15)18(21)17-8-5-13-20(17)19(22)24-16-6-3-2-4-7-16/h2-4,6-7,9-12,17H,5,8,13H2,1H3. The monoisotopic (exact) mass is 325 g/mol. The fourth-order valence-electron chi connectivity index (χ4n) is 2.85. The lowest BCUT2D eigenvalue weighted by Crippen LogP contribution is -2.42. The Labute approximate surface area is 140 Å². The van der Waals surface area contributed by atoms with E-state index in [-0.39, 0.29) is 5.78 Å². The van der Waals surface area contributed by atoms with E-state index in [1.54, 1.807) is 55.6 Å². The number of rotatable bonds is 4. The molecule has 124 valence electrons. The van der Waals surface area contributed by atoms with Crippen LogP contribution in [0.1, 0.15) is 23.2 Å². The summed E-state index contributed by atoms with van der Waals surface area (Å²) in [4.78, 5) is 26.6. The Balaban J connectivity index is 1.72. The molecular weight excluding hydrogens is 306 g/mol. The summed E-state index contributed by atoms with van der Waals surface area (Å²) in [7, 11) is 1.58. The summed E-state index contributed by atoms with van der Waals surface area (Å²) in [6.45, 7) is 0.526. The number of likely N-dealkylation sites (tertiary alicyclic amines) is 1. The molecule has 1 unspecified atom stereocenters. The highest BCUT2D eigenvalue weighted by molar-refractivity contribution is 6.01. The molecule has 0 aromatic heterocycles. The Morgan fingerprint density at radius 1 is 1.00 bits per heavy atom. The molecule has 3 rings (SSSR count). The summed E-state index contributed by atoms with van der Waals surface area (Å²) in [6, 6.07) is 15.3. The van der Waals surface area contributed by atoms with E-state index in [9.17, 15) is 9.59 Å². The van der Waals surface area contributed by atoms with Gasteiger partial charge in [-0.15, -0.1) is 0 Å². The van der Waals surface area contributed by atoms with Crippen molar-refractivity contribution in [3.05, 3.63) is 60.2 Å². The molecule has 1 fully saturated rings. The maximum atomic E-state index is 12.7. The van der Waals surface area contributed by atoms with Crippen molar-refractivity contribution < 1.29 is 19.1 Å². The lowest BCUT2D eigenvalue weighted by Gasteiger charge is -2.23. The van der Waals surface area contributed by atoms with Gasteiger partial charge in [-0.2, -0.15) is 0 Å². The topological polar surface area (TPSA) is 55.8 Å². The van der Waals surface area contributed by atoms with E-state index >= 15 is 0 Å². The van der Waals surface area contributed by atoms with Crippen LogP contribution in [0.15, 0.2) is 54.6 Å². The summed E-state index contributed by atoms with van der Waals surface area (Å²) < 4.78 is 10.5. The zero-order chi connectivity index (χ0) is 16.9. The van der Waals surface area contributed by atoms with Crippen molar-refractivity contribution in [2.24, 2.45) is 0 Å². The molecule has 24 heavy (non-hydrogen) atoms. The maximum Gasteiger partial charge on any atom is 0.415 e. The van der Waals surface area contributed by atoms with Gasteiger partial charge in [0.1, 0.15) is 11.5 Å². The van der Waals surface area contributed by atoms with Crippen LogP contribution in [-0.4, -0.2) is 36.5 Å². The Hall–Kier alpha value is -2.82. The average molecular weight is 325 g/mol. The van der Waals surface area contributed by atoms with Gasteiger partial charge in [-0.05, 0) is 49.2 Å². The number of carbonyl (C=O) groups is 2. The molecule has 0 aliphatic carbocycles. The number of amides is 1. The molecule has 5 heteroatoms. The smallest absolute Gasteiger partial charge is 0.415 e. The predicted octanol–water partition coefficient (Wildman–Crippen LogP) is 3.54. The zero-order valence-electron chi connectivity index (χ0n) is 13.5. The van der Waals surface area contributed by atoms with Crippen molar-refractivity contribution in [2.75, 3.05) is 13.7 Å². The first-order chi connectivity index (χ1) is 11.7. The molecule has 0 radical (unpaired) electrons. The first kappa shape index (κ1) is 16.1. The van der Waals surface area contributed by atoms with E-state index in [0.717, 1.165) is 6.42 Å². The number of ether oxygens (including phenoxy) is 2. The molecule has 0 spiro atoms. The van der Waals surface area contributed by atoms with Gasteiger partial charge in [-0.25, -0.2) is 4.79 Å². The van der Waals surface area contributed by atoms with Crippen LogP contribution >= 0.6 is 0 Å². The van der Waals surface area contributed by atoms with Gasteiger partial charge in [0, 0.05) is 12.1 Å². The fraction of sp³-hybridized carbons (Fsp3) is 0.263. The second kappa shape index (κ2) is 7.17. The maximum absolute atomic E-state index is 12.7. The molecule has 1 amide bonds. The lowest BCUT2D eigenvalue weighted by atomic mass is 10.0. The summed E-state index contributed by atoms with van der Waals surface area (Å²) in [5.41, 5.74) is 0.570. The number of nitrogens with zero attached hydrogens (tertiary/aromatic N) is 1. The van der Waals surface area contributed by atoms with Gasteiger partial charge in [-0.3, -0.25) is 9.69 Å². The van der Waals surface area contributed by atoms with Crippen molar-refractivity contribution in [1.29, 1.82) is 0 Å². The second-order valence-electron chi connectivity index (χ2n) is 5.63. The summed E-state index contributed by atoms with van der Waals surface area (Å²) in [6.07, 6.45) is 0.955. The quantitative estimate of drug-likeness (QED) is 0.807. The molecule has 1 saturated heterocycles. The number of hydrogen-bond acceptors (Lipinski definition) is 4. The van der Waals surface area contributed by atoms with Gasteiger partial charge in [0.15, 0.2) is 5.78 Å². The molecule has 1 heterocycles. The van der Waals surface area contributed by atoms with E-state index in [2.05, 4.69) is 0 Å². The van der Waals surface area contributed by atoms with Gasteiger partial charge >= 0.3 is 6.09 Å². The normalized spacial score (nSPS) is 16.7. The number of hydrogen-bond donors (Lipinski definition) is 0. The van der Waals surface area contributed by atoms with Gasteiger partial charge < -0.3 is 9.47 Å². The minimum atomic E-state index is -0.481. The summed E-state index contributed by atoms with van der Waals surface area (Å²) in [5.74, 6) is 1.10. The number of ketones is 1. The highest BCUT2D eigenvalue weighted by atomic mass is 16.6. The highest BCUT2D eigenvalue weighted by Crippen LogP contribution is 2.24. The lowest BCUT2D eigenvalue weighted by molar-refractivity contribution is 0.0854. The highest BCUT2D eigenvalue weighted by Gasteiger charge is 2.35. The van der Waals surface area contributed by atoms with E-state index in [1.807, 2.05) is 6.07 Å². The van der Waals surface area contributed by atoms with Crippen LogP contribution in [-0.2, 0) is 0 Å². The van der Waals surface area contributed by atoms with Crippen molar-refractivity contribution >= 4 is 11.9 Å². The van der Waals surface area contributed by atoms with Crippen molar-refractivity contribution in [1.82, 2.24) is 4.90 Å². The first-order valence-electron chi connectivity index (χ1n) is 7.91. The molecule has 2 aromatic carbocycles. The van der Waals surface area contributed by atoms with Crippen LogP contribution in [0.5, 0.6) is 11.5 Å². The van der Waals surface area contributed by atoms with Gasteiger partial charge in [0.25, 0.3) is 0 Å². The second-order valence-corrected chi connectivity index (χ2v) is 5.63. The third-order valence-electron chi connectivity index (χ3n) is 4.11. The molecule has 5 nitrogen and oxygen atoms in total. The van der Waals surface area contributed by atoms with Crippen molar-refractivity contribution in [3.63, 3.8) is 0 Å². The van der Waals surface area contributed by atoms with E-state index < -0.39 is 12.1 Å². The average Bonchev–Trinajstić information content (AvgIpc) is 3.12. The van der Waals surface area contributed by atoms with Gasteiger partial charge in [0.05, 0.1) is 13.2 Å². The number of para-hydroxylation sites is 1. The minimum Gasteiger partial charge on any atom is -0.497 e. The molecule has 0 N–H and O–H groups in total. The molecule has 1 aliphatic heterocycles. The molecule has 2 aromatic rings. The third kappa shape index (κ3) is 3.40. The number of Topliss-reactive ketones (excluding diaryl/α,β-unsaturated/α-hetero) is 1. The van der Waals surface area contributed by atoms with E-state index in [0.29, 0.717) is 30.0 Å². The van der Waals surface area contributed by atoms with Crippen LogP contribution in [0.4, 0.5) is 4.79 Å². The van der Waals surface area contributed by atoms with E-state index in [4.69, 9.17) is 9.47 Å². The van der Waals surface area contributed by atoms with Crippen LogP contribution in [0.25, 0.3) is 0 Å². The minimum absolute atomic E-state index is 0.0693. The largest absolute Gasteiger partial charge is 0.497 e. The fourth-order valence-corrected chi connectivity index (χ4v) is 2.85. The van der Waals surface area contributed by atoms with Crippen LogP contribution < -0.4 is 9.47 Å². The SMILES string of the molecule is COc1ccc(C(=O)C2CCCN2C(=O)Oc2ccccc2)cc1. The number of benzene rings is 2. The van der Waals surface area contributed by atoms with Crippen LogP contribution in [0.2, 0.25) is 0 Å². The number of methoxy groups -OCH3 is 1. The zero-order valence-corrected chi connectivity index (χ0v) is 13.5. The van der Waals surface area contributed by atoms with E-state index in [1.165, 1.54) is 4.90 Å². The molecule has 0 saturated carbocycles. The Bertz CT molecular complexity index is 712. The number of carbonyl (C=O) groups excluding carboxylic acids is 2. The van der Waals surface area contributed by atoms with Crippen molar-refractivity contribution in [2.45, 2.75) is 18.9 Å². The molecular formula is C19H19NO4. The van der Waals surface area contributed by atoms with Gasteiger partial charge in [0.2, 0.25) is 0 Å². The van der Waals surface area contributed by atoms with Gasteiger partial charge in [-0.1, -0.05) is 18.2 Å². The predicted molar refractivity (Wildman–Crippen MR) is 89.5 cm³/mol. The first-order valence-corrected chi connectivity index (χ1v) is 7.91. The van der Waals surface area contributed by atoms with Crippen LogP contribution in [0.3, 0.4) is 0 Å². The van der Waals surface area contributed by atoms with Crippen LogP contribution in [0, 0.1) is 0 Å². The Morgan fingerprint density at radius 3 is 2.38 bits per heavy atom. The third-order valence-corrected chi connectivity index (χ3v) is 4.11. The summed E-state index contributed by atoms with van der Waals surface area (Å²) >= 11 is 0. The Kier molecular flexibility index (Phi) is 4.79. The molecule has 0 bridgehead atoms. The summed E-state index contributed by atoms with van der Waals surface area (Å²) in [5, 5.41) is 0. The van der Waals surface area contributed by atoms with Crippen molar-refractivity contribution in [3.8, 4) is 11.5 Å². The molecule has 1 atom stereocenters.